The van der Waals surface area contributed by atoms with Crippen LogP contribution in [-0.2, 0) is 27.2 Å². The van der Waals surface area contributed by atoms with Crippen molar-refractivity contribution in [1.29, 1.82) is 0 Å². The second kappa shape index (κ2) is 16.3. The van der Waals surface area contributed by atoms with Gasteiger partial charge in [-0.25, -0.2) is 4.79 Å². The van der Waals surface area contributed by atoms with Gasteiger partial charge in [0.2, 0.25) is 11.8 Å². The summed E-state index contributed by atoms with van der Waals surface area (Å²) in [5.41, 5.74) is 4.03. The number of aryl methyl sites for hydroxylation is 2. The average molecular weight is 683 g/mol. The van der Waals surface area contributed by atoms with E-state index in [4.69, 9.17) is 4.74 Å². The Labute approximate surface area is 287 Å². The number of hydrogen-bond donors (Lipinski definition) is 4. The summed E-state index contributed by atoms with van der Waals surface area (Å²) < 4.78 is 5.95. The van der Waals surface area contributed by atoms with Crippen molar-refractivity contribution in [3.63, 3.8) is 0 Å². The van der Waals surface area contributed by atoms with Gasteiger partial charge in [0.1, 0.15) is 36.1 Å². The summed E-state index contributed by atoms with van der Waals surface area (Å²) in [6.07, 6.45) is -1.39. The van der Waals surface area contributed by atoms with Gasteiger partial charge in [0.15, 0.2) is 0 Å². The van der Waals surface area contributed by atoms with Gasteiger partial charge >= 0.3 is 6.03 Å². The van der Waals surface area contributed by atoms with Crippen LogP contribution in [0, 0.1) is 12.1 Å². The number of urea groups is 1. The molecule has 2 aliphatic heterocycles. The minimum absolute atomic E-state index is 0.0703. The Kier molecular flexibility index (Phi) is 12.6. The molecular formula is C36H50N4O7S. The summed E-state index contributed by atoms with van der Waals surface area (Å²) in [6, 6.07) is 14.0. The summed E-state index contributed by atoms with van der Waals surface area (Å²) in [7, 11) is 3.42. The molecule has 2 aliphatic rings. The van der Waals surface area contributed by atoms with Gasteiger partial charge in [-0.1, -0.05) is 47.6 Å². The van der Waals surface area contributed by atoms with E-state index in [1.54, 1.807) is 44.0 Å². The molecule has 5 atom stereocenters. The zero-order chi connectivity index (χ0) is 35.2. The van der Waals surface area contributed by atoms with Crippen LogP contribution in [0.4, 0.5) is 4.79 Å². The first-order valence-corrected chi connectivity index (χ1v) is 17.7. The molecule has 0 saturated carbocycles. The van der Waals surface area contributed by atoms with E-state index in [0.717, 1.165) is 34.2 Å². The normalized spacial score (nSPS) is 22.9. The van der Waals surface area contributed by atoms with Crippen LogP contribution in [0.2, 0.25) is 0 Å². The van der Waals surface area contributed by atoms with E-state index in [9.17, 15) is 29.7 Å². The van der Waals surface area contributed by atoms with Crippen molar-refractivity contribution in [3.8, 4) is 5.18 Å². The SMILES string of the molecule is CS#CC1O[C@@H](c2ccc(C)c(Cc3ccc(CCCC(=O)NC(C)(C)C(=O)N4CCN(C(=O)N(C)C)CC4)cc3)c2)[C@H](O)[C@@H](O)[C@@H]1O. The van der Waals surface area contributed by atoms with Crippen LogP contribution >= 0.6 is 11.2 Å². The fourth-order valence-electron chi connectivity index (χ4n) is 6.17. The fraction of sp³-hybridized carbons (Fsp3) is 0.556. The van der Waals surface area contributed by atoms with Gasteiger partial charge in [-0.2, -0.15) is 0 Å². The van der Waals surface area contributed by atoms with Crippen LogP contribution in [0.15, 0.2) is 42.5 Å². The predicted molar refractivity (Wildman–Crippen MR) is 186 cm³/mol. The number of aliphatic hydroxyl groups is 3. The summed E-state index contributed by atoms with van der Waals surface area (Å²) >= 11 is 1.26. The van der Waals surface area contributed by atoms with E-state index in [1.807, 2.05) is 25.1 Å². The number of piperazine rings is 1. The highest BCUT2D eigenvalue weighted by Gasteiger charge is 2.44. The van der Waals surface area contributed by atoms with E-state index in [-0.39, 0.29) is 17.8 Å². The van der Waals surface area contributed by atoms with Crippen molar-refractivity contribution >= 4 is 29.0 Å². The molecular weight excluding hydrogens is 632 g/mol. The lowest BCUT2D eigenvalue weighted by molar-refractivity contribution is -0.209. The van der Waals surface area contributed by atoms with Crippen LogP contribution in [0.25, 0.3) is 0 Å². The van der Waals surface area contributed by atoms with Crippen molar-refractivity contribution < 1.29 is 34.4 Å². The Morgan fingerprint density at radius 1 is 0.958 bits per heavy atom. The van der Waals surface area contributed by atoms with Gasteiger partial charge in [0, 0.05) is 53.0 Å². The molecule has 262 valence electrons. The van der Waals surface area contributed by atoms with Crippen molar-refractivity contribution in [2.24, 2.45) is 0 Å². The fourth-order valence-corrected chi connectivity index (χ4v) is 6.59. The van der Waals surface area contributed by atoms with Gasteiger partial charge in [0.05, 0.1) is 0 Å². The highest BCUT2D eigenvalue weighted by molar-refractivity contribution is 7.87. The molecule has 1 unspecified atom stereocenters. The minimum Gasteiger partial charge on any atom is -0.387 e. The first-order chi connectivity index (χ1) is 22.7. The molecule has 2 aromatic carbocycles. The maximum Gasteiger partial charge on any atom is 0.319 e. The Morgan fingerprint density at radius 2 is 1.58 bits per heavy atom. The molecule has 4 N–H and O–H groups in total. The lowest BCUT2D eigenvalue weighted by Crippen LogP contribution is -2.60. The maximum absolute atomic E-state index is 13.2. The molecule has 11 nitrogen and oxygen atoms in total. The second-order valence-corrected chi connectivity index (χ2v) is 14.1. The van der Waals surface area contributed by atoms with E-state index >= 15 is 0 Å². The number of carbonyl (C=O) groups is 3. The van der Waals surface area contributed by atoms with Crippen LogP contribution in [0.1, 0.15) is 60.6 Å². The third kappa shape index (κ3) is 9.13. The predicted octanol–water partition coefficient (Wildman–Crippen LogP) is 2.47. The lowest BCUT2D eigenvalue weighted by Gasteiger charge is -2.39. The van der Waals surface area contributed by atoms with Crippen LogP contribution in [0.5, 0.6) is 0 Å². The Hall–Kier alpha value is -3.51. The number of rotatable bonds is 9. The maximum atomic E-state index is 13.2. The number of carbonyl (C=O) groups excluding carboxylic acids is 3. The molecule has 0 radical (unpaired) electrons. The monoisotopic (exact) mass is 682 g/mol. The van der Waals surface area contributed by atoms with Crippen molar-refractivity contribution in [3.05, 3.63) is 70.3 Å². The first kappa shape index (κ1) is 37.3. The highest BCUT2D eigenvalue weighted by Crippen LogP contribution is 2.33. The summed E-state index contributed by atoms with van der Waals surface area (Å²) in [6.45, 7) is 7.26. The van der Waals surface area contributed by atoms with E-state index in [2.05, 4.69) is 34.8 Å². The van der Waals surface area contributed by atoms with Gasteiger partial charge in [-0.15, -0.1) is 11.2 Å². The molecule has 48 heavy (non-hydrogen) atoms. The lowest BCUT2D eigenvalue weighted by atomic mass is 9.89. The minimum atomic E-state index is -1.35. The summed E-state index contributed by atoms with van der Waals surface area (Å²) in [4.78, 5) is 43.1. The molecule has 2 saturated heterocycles. The van der Waals surface area contributed by atoms with Crippen LogP contribution < -0.4 is 5.32 Å². The molecule has 0 bridgehead atoms. The van der Waals surface area contributed by atoms with Gasteiger partial charge in [-0.3, -0.25) is 9.59 Å². The Morgan fingerprint density at radius 3 is 2.21 bits per heavy atom. The van der Waals surface area contributed by atoms with E-state index < -0.39 is 36.1 Å². The van der Waals surface area contributed by atoms with E-state index in [0.29, 0.717) is 45.4 Å². The molecule has 0 aliphatic carbocycles. The topological polar surface area (TPSA) is 143 Å². The van der Waals surface area contributed by atoms with E-state index in [1.165, 1.54) is 16.1 Å². The van der Waals surface area contributed by atoms with Crippen molar-refractivity contribution in [1.82, 2.24) is 20.0 Å². The van der Waals surface area contributed by atoms with Gasteiger partial charge in [-0.05, 0) is 67.9 Å². The molecule has 2 aromatic rings. The molecule has 0 spiro atoms. The van der Waals surface area contributed by atoms with Crippen molar-refractivity contribution in [2.45, 2.75) is 82.5 Å². The third-order valence-corrected chi connectivity index (χ3v) is 9.51. The molecule has 4 rings (SSSR count). The second-order valence-electron chi connectivity index (χ2n) is 13.4. The van der Waals surface area contributed by atoms with Gasteiger partial charge in [0.25, 0.3) is 0 Å². The number of ether oxygens (including phenoxy) is 1. The number of nitrogens with zero attached hydrogens (tertiary/aromatic N) is 3. The van der Waals surface area contributed by atoms with Crippen LogP contribution in [-0.4, -0.2) is 124 Å². The van der Waals surface area contributed by atoms with Gasteiger partial charge < -0.3 is 40.1 Å². The quantitative estimate of drug-likeness (QED) is 0.319. The largest absolute Gasteiger partial charge is 0.387 e. The Bertz CT molecular complexity index is 1510. The summed E-state index contributed by atoms with van der Waals surface area (Å²) in [5.74, 6) is -0.328. The number of hydrogen-bond acceptors (Lipinski definition) is 7. The standard InChI is InChI=1S/C36H50N4O7S/c1-23-10-15-26(33-32(44)31(43)30(42)28(47-33)22-48-6)21-27(23)20-25-13-11-24(12-14-25)8-7-9-29(41)37-36(2,3)34(45)39-16-18-40(19-17-39)35(46)38(4)5/h10-15,21,28,30-33,42-44H,7-9,16-20H2,1-6H3,(H,37,41)/t28?,30-,31+,32-,33+/m1/s1. The molecule has 2 fully saturated rings. The number of aliphatic hydroxyl groups excluding tert-OH is 3. The van der Waals surface area contributed by atoms with Crippen molar-refractivity contribution in [2.75, 3.05) is 46.5 Å². The Balaban J connectivity index is 1.27. The smallest absolute Gasteiger partial charge is 0.319 e. The highest BCUT2D eigenvalue weighted by atomic mass is 32.1. The number of benzene rings is 2. The zero-order valence-electron chi connectivity index (χ0n) is 28.8. The summed E-state index contributed by atoms with van der Waals surface area (Å²) in [5, 5.41) is 37.2. The molecule has 12 heteroatoms. The average Bonchev–Trinajstić information content (AvgIpc) is 3.06. The van der Waals surface area contributed by atoms with Crippen LogP contribution in [0.3, 0.4) is 0 Å². The molecule has 0 aromatic heterocycles. The molecule has 4 amide bonds. The molecule has 2 heterocycles. The number of nitrogens with one attached hydrogen (secondary N) is 1. The third-order valence-electron chi connectivity index (χ3n) is 9.04. The number of amides is 4. The zero-order valence-corrected chi connectivity index (χ0v) is 29.6. The first-order valence-electron chi connectivity index (χ1n) is 16.4.